The topological polar surface area (TPSA) is 117 Å². The van der Waals surface area contributed by atoms with Gasteiger partial charge in [0.05, 0.1) is 37.5 Å². The highest BCUT2D eigenvalue weighted by atomic mass is 19.1. The number of aromatic nitrogens is 2. The molecule has 4 atom stereocenters. The van der Waals surface area contributed by atoms with Crippen LogP contribution in [0.3, 0.4) is 0 Å². The minimum absolute atomic E-state index is 0.0111. The van der Waals surface area contributed by atoms with Crippen molar-refractivity contribution in [2.24, 2.45) is 0 Å². The van der Waals surface area contributed by atoms with Gasteiger partial charge in [-0.1, -0.05) is 55.5 Å². The lowest BCUT2D eigenvalue weighted by Gasteiger charge is -2.25. The molecule has 0 aliphatic carbocycles. The number of aromatic amines is 1. The largest absolute Gasteiger partial charge is 0.456 e. The molecule has 2 aliphatic rings. The van der Waals surface area contributed by atoms with E-state index in [-0.39, 0.29) is 49.0 Å². The van der Waals surface area contributed by atoms with Crippen molar-refractivity contribution < 1.29 is 38.3 Å². The molecule has 0 amide bonds. The van der Waals surface area contributed by atoms with Gasteiger partial charge in [0.1, 0.15) is 29.6 Å². The number of benzene rings is 3. The van der Waals surface area contributed by atoms with Crippen molar-refractivity contribution in [3.05, 3.63) is 71.8 Å². The number of aliphatic hydroxyl groups is 3. The zero-order valence-corrected chi connectivity index (χ0v) is 21.1. The maximum atomic E-state index is 15.6. The Bertz CT molecular complexity index is 1490. The molecule has 4 N–H and O–H groups in total. The predicted octanol–water partition coefficient (Wildman–Crippen LogP) is 3.32. The Balaban J connectivity index is 1.25. The summed E-state index contributed by atoms with van der Waals surface area (Å²) in [6.45, 7) is 1.74. The number of imidazole rings is 1. The summed E-state index contributed by atoms with van der Waals surface area (Å²) in [7, 11) is 0. The molecule has 2 aliphatic heterocycles. The molecular formula is C29H28F2N2O6. The predicted molar refractivity (Wildman–Crippen MR) is 138 cm³/mol. The van der Waals surface area contributed by atoms with Crippen molar-refractivity contribution >= 4 is 11.0 Å². The highest BCUT2D eigenvalue weighted by molar-refractivity contribution is 5.84. The van der Waals surface area contributed by atoms with Gasteiger partial charge in [0, 0.05) is 11.5 Å². The van der Waals surface area contributed by atoms with E-state index in [1.165, 1.54) is 6.07 Å². The fourth-order valence-corrected chi connectivity index (χ4v) is 5.19. The van der Waals surface area contributed by atoms with Crippen LogP contribution in [-0.4, -0.2) is 76.1 Å². The molecule has 4 unspecified atom stereocenters. The molecule has 0 spiro atoms. The van der Waals surface area contributed by atoms with E-state index in [0.29, 0.717) is 5.56 Å². The van der Waals surface area contributed by atoms with Gasteiger partial charge in [-0.05, 0) is 22.3 Å². The van der Waals surface area contributed by atoms with Crippen LogP contribution in [0.2, 0.25) is 0 Å². The minimum Gasteiger partial charge on any atom is -0.456 e. The van der Waals surface area contributed by atoms with Crippen LogP contribution >= 0.6 is 0 Å². The maximum Gasteiger partial charge on any atom is 0.295 e. The quantitative estimate of drug-likeness (QED) is 0.285. The first-order valence-electron chi connectivity index (χ1n) is 12.7. The molecule has 3 aromatic carbocycles. The summed E-state index contributed by atoms with van der Waals surface area (Å²) in [5, 5.41) is 29.2. The number of nitrogens with zero attached hydrogens (tertiary/aromatic N) is 1. The van der Waals surface area contributed by atoms with E-state index in [4.69, 9.17) is 14.2 Å². The first kappa shape index (κ1) is 25.8. The average molecular weight is 539 g/mol. The van der Waals surface area contributed by atoms with E-state index in [2.05, 4.69) is 9.97 Å². The van der Waals surface area contributed by atoms with Crippen LogP contribution in [-0.2, 0) is 14.9 Å². The molecule has 2 saturated heterocycles. The van der Waals surface area contributed by atoms with E-state index < -0.39 is 41.5 Å². The fraction of sp³-hybridized carbons (Fsp3) is 0.345. The van der Waals surface area contributed by atoms with E-state index in [1.54, 1.807) is 31.2 Å². The zero-order valence-electron chi connectivity index (χ0n) is 21.1. The Kier molecular flexibility index (Phi) is 6.60. The molecular weight excluding hydrogens is 510 g/mol. The molecule has 39 heavy (non-hydrogen) atoms. The number of nitrogens with one attached hydrogen (secondary N) is 1. The van der Waals surface area contributed by atoms with E-state index >= 15 is 8.78 Å². The second kappa shape index (κ2) is 9.96. The van der Waals surface area contributed by atoms with Crippen LogP contribution < -0.4 is 4.74 Å². The SMILES string of the molecule is CC(CO)(CO)c1ccc(-c2ccc(-c3c(F)cc4[nH]c(OC5COC6C(O)COC56)nc4c3F)cc2)cc1. The summed E-state index contributed by atoms with van der Waals surface area (Å²) in [5.74, 6) is -1.56. The Morgan fingerprint density at radius 1 is 0.949 bits per heavy atom. The molecule has 0 saturated carbocycles. The average Bonchev–Trinajstić information content (AvgIpc) is 3.66. The van der Waals surface area contributed by atoms with Gasteiger partial charge >= 0.3 is 0 Å². The van der Waals surface area contributed by atoms with Gasteiger partial charge < -0.3 is 34.5 Å². The van der Waals surface area contributed by atoms with Gasteiger partial charge in [-0.15, -0.1) is 0 Å². The maximum absolute atomic E-state index is 15.6. The number of halogens is 2. The minimum atomic E-state index is -0.811. The molecule has 2 fully saturated rings. The van der Waals surface area contributed by atoms with Crippen molar-refractivity contribution in [3.63, 3.8) is 0 Å². The Hall–Kier alpha value is -3.41. The third kappa shape index (κ3) is 4.48. The van der Waals surface area contributed by atoms with Gasteiger partial charge in [0.15, 0.2) is 11.9 Å². The molecule has 6 rings (SSSR count). The summed E-state index contributed by atoms with van der Waals surface area (Å²) >= 11 is 0. The summed E-state index contributed by atoms with van der Waals surface area (Å²) in [5.41, 5.74) is 2.04. The number of hydrogen-bond donors (Lipinski definition) is 4. The number of fused-ring (bicyclic) bond motifs is 2. The van der Waals surface area contributed by atoms with Gasteiger partial charge in [0.2, 0.25) is 0 Å². The molecule has 10 heteroatoms. The van der Waals surface area contributed by atoms with Crippen molar-refractivity contribution in [2.75, 3.05) is 26.4 Å². The van der Waals surface area contributed by atoms with E-state index in [0.717, 1.165) is 16.7 Å². The molecule has 0 bridgehead atoms. The smallest absolute Gasteiger partial charge is 0.295 e. The lowest BCUT2D eigenvalue weighted by Crippen LogP contribution is -2.34. The Morgan fingerprint density at radius 3 is 2.23 bits per heavy atom. The third-order valence-corrected chi connectivity index (χ3v) is 7.68. The normalized spacial score (nSPS) is 22.9. The second-order valence-electron chi connectivity index (χ2n) is 10.3. The highest BCUT2D eigenvalue weighted by Gasteiger charge is 2.48. The van der Waals surface area contributed by atoms with E-state index in [9.17, 15) is 15.3 Å². The summed E-state index contributed by atoms with van der Waals surface area (Å²) in [6.07, 6.45) is -2.22. The van der Waals surface area contributed by atoms with Gasteiger partial charge in [-0.25, -0.2) is 8.78 Å². The van der Waals surface area contributed by atoms with Crippen molar-refractivity contribution in [1.29, 1.82) is 0 Å². The van der Waals surface area contributed by atoms with E-state index in [1.807, 2.05) is 24.3 Å². The Morgan fingerprint density at radius 2 is 1.56 bits per heavy atom. The Labute approximate surface area is 222 Å². The molecule has 4 aromatic rings. The van der Waals surface area contributed by atoms with Crippen LogP contribution in [0.1, 0.15) is 12.5 Å². The molecule has 0 radical (unpaired) electrons. The number of ether oxygens (including phenoxy) is 3. The van der Waals surface area contributed by atoms with Gasteiger partial charge in [0.25, 0.3) is 6.01 Å². The lowest BCUT2D eigenvalue weighted by molar-refractivity contribution is 0.00706. The van der Waals surface area contributed by atoms with Crippen LogP contribution in [0.25, 0.3) is 33.3 Å². The highest BCUT2D eigenvalue weighted by Crippen LogP contribution is 2.35. The zero-order chi connectivity index (χ0) is 27.3. The first-order chi connectivity index (χ1) is 18.8. The number of hydrogen-bond acceptors (Lipinski definition) is 7. The van der Waals surface area contributed by atoms with Gasteiger partial charge in [-0.2, -0.15) is 4.98 Å². The van der Waals surface area contributed by atoms with Crippen molar-refractivity contribution in [3.8, 4) is 28.3 Å². The number of aliphatic hydroxyl groups excluding tert-OH is 3. The summed E-state index contributed by atoms with van der Waals surface area (Å²) < 4.78 is 47.6. The molecule has 8 nitrogen and oxygen atoms in total. The number of rotatable bonds is 7. The first-order valence-corrected chi connectivity index (χ1v) is 12.7. The second-order valence-corrected chi connectivity index (χ2v) is 10.3. The summed E-state index contributed by atoms with van der Waals surface area (Å²) in [4.78, 5) is 7.02. The monoisotopic (exact) mass is 538 g/mol. The van der Waals surface area contributed by atoms with Crippen molar-refractivity contribution in [2.45, 2.75) is 36.8 Å². The van der Waals surface area contributed by atoms with Crippen LogP contribution in [0.5, 0.6) is 6.01 Å². The molecule has 3 heterocycles. The fourth-order valence-electron chi connectivity index (χ4n) is 5.19. The summed E-state index contributed by atoms with van der Waals surface area (Å²) in [6, 6.07) is 15.5. The third-order valence-electron chi connectivity index (χ3n) is 7.68. The standard InChI is InChI=1S/C29H28F2N2O6/c1-29(13-34,14-35)18-8-6-16(7-9-18)15-2-4-17(5-3-15)23-19(30)10-20-25(24(23)31)33-28(32-20)39-22-12-38-26-21(36)11-37-27(22)26/h2-10,21-22,26-27,34-36H,11-14H2,1H3,(H,32,33). The van der Waals surface area contributed by atoms with Crippen LogP contribution in [0.4, 0.5) is 8.78 Å². The van der Waals surface area contributed by atoms with Crippen LogP contribution in [0, 0.1) is 11.6 Å². The number of H-pyrrole nitrogens is 1. The van der Waals surface area contributed by atoms with Crippen molar-refractivity contribution in [1.82, 2.24) is 9.97 Å². The van der Waals surface area contributed by atoms with Gasteiger partial charge in [-0.3, -0.25) is 0 Å². The lowest BCUT2D eigenvalue weighted by atomic mass is 9.83. The van der Waals surface area contributed by atoms with Crippen LogP contribution in [0.15, 0.2) is 54.6 Å². The molecule has 1 aromatic heterocycles. The molecule has 204 valence electrons.